The van der Waals surface area contributed by atoms with Crippen molar-refractivity contribution in [1.29, 1.82) is 0 Å². The Morgan fingerprint density at radius 2 is 1.45 bits per heavy atom. The molecule has 3 nitrogen and oxygen atoms in total. The molecular formula is C25H47NO2Sn. The zero-order valence-corrected chi connectivity index (χ0v) is 23.0. The second kappa shape index (κ2) is 14.0. The van der Waals surface area contributed by atoms with Gasteiger partial charge >= 0.3 is 192 Å². The molecule has 1 rings (SSSR count). The molecule has 2 radical (unpaired) electrons. The van der Waals surface area contributed by atoms with Crippen LogP contribution >= 0.6 is 0 Å². The summed E-state index contributed by atoms with van der Waals surface area (Å²) < 4.78 is 8.87. The normalized spacial score (nSPS) is 16.6. The van der Waals surface area contributed by atoms with Crippen molar-refractivity contribution in [2.75, 3.05) is 13.1 Å². The molecule has 0 saturated carbocycles. The molecular weight excluding hydrogens is 465 g/mol. The van der Waals surface area contributed by atoms with Gasteiger partial charge < -0.3 is 0 Å². The number of carbonyl (C=O) groups excluding carboxylic acids is 1. The summed E-state index contributed by atoms with van der Waals surface area (Å²) in [6, 6.07) is 0. The van der Waals surface area contributed by atoms with Gasteiger partial charge in [0.25, 0.3) is 0 Å². The molecule has 4 heteroatoms. The minimum absolute atomic E-state index is 0.144. The number of rotatable bonds is 12. The molecule has 0 aromatic heterocycles. The first kappa shape index (κ1) is 26.8. The van der Waals surface area contributed by atoms with Gasteiger partial charge in [-0.05, 0) is 0 Å². The number of hydrogen-bond acceptors (Lipinski definition) is 2. The number of carbonyl (C=O) groups is 1. The maximum atomic E-state index is 12.3. The molecule has 1 heterocycles. The van der Waals surface area contributed by atoms with E-state index in [1.54, 1.807) is 0 Å². The molecule has 0 aliphatic carbocycles. The average molecular weight is 512 g/mol. The van der Waals surface area contributed by atoms with E-state index in [1.807, 2.05) is 25.7 Å². The van der Waals surface area contributed by atoms with Crippen molar-refractivity contribution in [3.05, 3.63) is 10.2 Å². The van der Waals surface area contributed by atoms with E-state index in [1.165, 1.54) is 57.8 Å². The third-order valence-corrected chi connectivity index (χ3v) is 10.9. The number of piperidine rings is 1. The molecule has 0 unspecified atom stereocenters. The van der Waals surface area contributed by atoms with Gasteiger partial charge in [0.15, 0.2) is 0 Å². The molecule has 0 aromatic carbocycles. The number of likely N-dealkylation sites (tertiary alicyclic amines) is 1. The van der Waals surface area contributed by atoms with Crippen LogP contribution in [-0.4, -0.2) is 50.8 Å². The molecule has 1 amide bonds. The van der Waals surface area contributed by atoms with Gasteiger partial charge in [0, 0.05) is 0 Å². The Labute approximate surface area is 191 Å². The van der Waals surface area contributed by atoms with E-state index >= 15 is 0 Å². The van der Waals surface area contributed by atoms with Crippen molar-refractivity contribution in [1.82, 2.24) is 4.90 Å². The Kier molecular flexibility index (Phi) is 12.9. The van der Waals surface area contributed by atoms with Gasteiger partial charge in [0.05, 0.1) is 0 Å². The Bertz CT molecular complexity index is 454. The number of ether oxygens (including phenoxy) is 1. The van der Waals surface area contributed by atoms with Gasteiger partial charge in [0.2, 0.25) is 0 Å². The summed E-state index contributed by atoms with van der Waals surface area (Å²) in [4.78, 5) is 14.2. The Hall–Kier alpha value is -0.191. The van der Waals surface area contributed by atoms with E-state index in [4.69, 9.17) is 4.74 Å². The molecule has 1 saturated heterocycles. The van der Waals surface area contributed by atoms with Gasteiger partial charge in [0.1, 0.15) is 0 Å². The van der Waals surface area contributed by atoms with E-state index < -0.39 is 26.7 Å². The third kappa shape index (κ3) is 11.1. The van der Waals surface area contributed by atoms with Crippen LogP contribution in [0.5, 0.6) is 0 Å². The van der Waals surface area contributed by atoms with Gasteiger partial charge in [-0.25, -0.2) is 0 Å². The van der Waals surface area contributed by atoms with Crippen LogP contribution < -0.4 is 0 Å². The first-order valence-corrected chi connectivity index (χ1v) is 15.2. The average Bonchev–Trinajstić information content (AvgIpc) is 2.68. The van der Waals surface area contributed by atoms with E-state index in [2.05, 4.69) is 30.9 Å². The quantitative estimate of drug-likeness (QED) is 0.252. The summed E-state index contributed by atoms with van der Waals surface area (Å²) in [6.45, 7) is 14.5. The molecule has 168 valence electrons. The second-order valence-electron chi connectivity index (χ2n) is 9.90. The van der Waals surface area contributed by atoms with Crippen LogP contribution in [0.4, 0.5) is 4.79 Å². The zero-order valence-electron chi connectivity index (χ0n) is 20.2. The fourth-order valence-corrected chi connectivity index (χ4v) is 8.91. The van der Waals surface area contributed by atoms with Gasteiger partial charge in [-0.3, -0.25) is 0 Å². The topological polar surface area (TPSA) is 29.5 Å². The van der Waals surface area contributed by atoms with Crippen molar-refractivity contribution in [3.63, 3.8) is 0 Å². The maximum absolute atomic E-state index is 12.3. The summed E-state index contributed by atoms with van der Waals surface area (Å²) in [6.07, 6.45) is 17.1. The first-order chi connectivity index (χ1) is 13.7. The van der Waals surface area contributed by atoms with E-state index in [0.717, 1.165) is 25.9 Å². The van der Waals surface area contributed by atoms with Gasteiger partial charge in [-0.1, -0.05) is 0 Å². The first-order valence-electron chi connectivity index (χ1n) is 12.2. The molecule has 0 atom stereocenters. The van der Waals surface area contributed by atoms with Crippen LogP contribution in [0.1, 0.15) is 112 Å². The minimum atomic E-state index is -0.552. The number of allylic oxidation sites excluding steroid dienone is 1. The summed E-state index contributed by atoms with van der Waals surface area (Å²) >= 11 is -0.552. The summed E-state index contributed by atoms with van der Waals surface area (Å²) in [7, 11) is 0. The fourth-order valence-electron chi connectivity index (χ4n) is 4.10. The predicted molar refractivity (Wildman–Crippen MR) is 127 cm³/mol. The number of nitrogens with zero attached hydrogens (tertiary/aromatic N) is 1. The molecule has 1 aliphatic rings. The standard InChI is InChI=1S/C13H27.C12H20NO2.Sn/c1-4-7-10-13(11-8-5-2)12-9-6-3;1-5-10-6-8-13(9-7-10)11(14)15-12(2,3)4;/h4-12H2,1-3H3;1,5,10H,6-9H2,2-4H3;. The van der Waals surface area contributed by atoms with Crippen LogP contribution in [-0.2, 0) is 4.74 Å². The molecule has 29 heavy (non-hydrogen) atoms. The molecule has 0 spiro atoms. The van der Waals surface area contributed by atoms with Gasteiger partial charge in [-0.2, -0.15) is 0 Å². The number of unbranched alkanes of at least 4 members (excludes halogenated alkanes) is 3. The van der Waals surface area contributed by atoms with E-state index in [0.29, 0.717) is 9.35 Å². The van der Waals surface area contributed by atoms with Gasteiger partial charge in [-0.15, -0.1) is 0 Å². The van der Waals surface area contributed by atoms with Crippen LogP contribution in [0.15, 0.2) is 10.2 Å². The second-order valence-corrected chi connectivity index (χ2v) is 14.7. The molecule has 0 aromatic rings. The van der Waals surface area contributed by atoms with Crippen LogP contribution in [0, 0.1) is 5.92 Å². The number of hydrogen-bond donors (Lipinski definition) is 0. The SMILES string of the molecule is CCCC[C](CCCC)(CCCC)[Sn]/[CH]=C/C1CCN(C(=O)OC(C)(C)C)CC1. The third-order valence-electron chi connectivity index (χ3n) is 5.98. The van der Waals surface area contributed by atoms with Crippen LogP contribution in [0.25, 0.3) is 0 Å². The zero-order chi connectivity index (χ0) is 21.8. The van der Waals surface area contributed by atoms with Crippen molar-refractivity contribution < 1.29 is 9.53 Å². The summed E-state index contributed by atoms with van der Waals surface area (Å²) in [5, 5.41) is 0. The Morgan fingerprint density at radius 1 is 0.966 bits per heavy atom. The number of amides is 1. The molecule has 1 aliphatic heterocycles. The van der Waals surface area contributed by atoms with Crippen molar-refractivity contribution in [2.24, 2.45) is 5.92 Å². The van der Waals surface area contributed by atoms with E-state index in [9.17, 15) is 4.79 Å². The van der Waals surface area contributed by atoms with Crippen LogP contribution in [0.3, 0.4) is 0 Å². The molecule has 0 bridgehead atoms. The van der Waals surface area contributed by atoms with Crippen LogP contribution in [0.2, 0.25) is 3.43 Å². The Morgan fingerprint density at radius 3 is 1.86 bits per heavy atom. The Balaban J connectivity index is 2.59. The van der Waals surface area contributed by atoms with Crippen molar-refractivity contribution in [2.45, 2.75) is 121 Å². The predicted octanol–water partition coefficient (Wildman–Crippen LogP) is 7.58. The molecule has 0 N–H and O–H groups in total. The summed E-state index contributed by atoms with van der Waals surface area (Å²) in [5.41, 5.74) is -0.403. The fraction of sp³-hybridized carbons (Fsp3) is 0.880. The van der Waals surface area contributed by atoms with E-state index in [-0.39, 0.29) is 6.09 Å². The van der Waals surface area contributed by atoms with Crippen molar-refractivity contribution in [3.8, 4) is 0 Å². The molecule has 1 fully saturated rings. The summed E-state index contributed by atoms with van der Waals surface area (Å²) in [5.74, 6) is 0.649. The monoisotopic (exact) mass is 513 g/mol. The van der Waals surface area contributed by atoms with Crippen molar-refractivity contribution >= 4 is 27.2 Å².